The molecule has 0 fully saturated rings. The normalized spacial score (nSPS) is 10.6. The van der Waals surface area contributed by atoms with Crippen LogP contribution in [0.2, 0.25) is 0 Å². The number of aromatic nitrogens is 2. The smallest absolute Gasteiger partial charge is 0.125 e. The van der Waals surface area contributed by atoms with Gasteiger partial charge in [-0.25, -0.2) is 4.98 Å². The number of halogens is 1. The third kappa shape index (κ3) is 2.63. The highest BCUT2D eigenvalue weighted by Gasteiger charge is 2.11. The molecule has 0 aliphatic heterocycles. The van der Waals surface area contributed by atoms with Gasteiger partial charge in [-0.2, -0.15) is 5.26 Å². The molecule has 0 atom stereocenters. The molecule has 0 saturated carbocycles. The summed E-state index contributed by atoms with van der Waals surface area (Å²) in [6.45, 7) is 0.625. The number of rotatable bonds is 4. The molecule has 1 aromatic heterocycles. The van der Waals surface area contributed by atoms with Gasteiger partial charge >= 0.3 is 0 Å². The SMILES string of the molecule is COc1ccc2c(c1)nc(CCl)n2Cc1cccc(C#N)c1. The van der Waals surface area contributed by atoms with Crippen LogP contribution in [0.25, 0.3) is 11.0 Å². The summed E-state index contributed by atoms with van der Waals surface area (Å²) < 4.78 is 7.30. The summed E-state index contributed by atoms with van der Waals surface area (Å²) in [4.78, 5) is 4.56. The molecule has 2 aromatic carbocycles. The highest BCUT2D eigenvalue weighted by atomic mass is 35.5. The maximum atomic E-state index is 9.01. The third-order valence-corrected chi connectivity index (χ3v) is 3.79. The fourth-order valence-electron chi connectivity index (χ4n) is 2.49. The molecule has 3 rings (SSSR count). The minimum Gasteiger partial charge on any atom is -0.497 e. The zero-order valence-corrected chi connectivity index (χ0v) is 12.8. The first-order valence-electron chi connectivity index (χ1n) is 6.83. The van der Waals surface area contributed by atoms with E-state index in [1.807, 2.05) is 36.4 Å². The maximum absolute atomic E-state index is 9.01. The van der Waals surface area contributed by atoms with E-state index in [1.165, 1.54) is 0 Å². The number of hydrogen-bond donors (Lipinski definition) is 0. The molecule has 0 unspecified atom stereocenters. The Morgan fingerprint density at radius 2 is 2.14 bits per heavy atom. The van der Waals surface area contributed by atoms with E-state index in [0.29, 0.717) is 18.0 Å². The van der Waals surface area contributed by atoms with Crippen molar-refractivity contribution < 1.29 is 4.74 Å². The van der Waals surface area contributed by atoms with Gasteiger partial charge in [-0.3, -0.25) is 0 Å². The van der Waals surface area contributed by atoms with Gasteiger partial charge in [-0.1, -0.05) is 12.1 Å². The monoisotopic (exact) mass is 311 g/mol. The first-order valence-corrected chi connectivity index (χ1v) is 7.36. The molecule has 0 aliphatic rings. The fraction of sp³-hybridized carbons (Fsp3) is 0.176. The second-order valence-electron chi connectivity index (χ2n) is 4.91. The molecule has 0 bridgehead atoms. The van der Waals surface area contributed by atoms with Crippen LogP contribution in [0, 0.1) is 11.3 Å². The fourth-order valence-corrected chi connectivity index (χ4v) is 2.69. The molecule has 4 nitrogen and oxygen atoms in total. The molecule has 1 heterocycles. The van der Waals surface area contributed by atoms with Crippen molar-refractivity contribution in [2.45, 2.75) is 12.4 Å². The lowest BCUT2D eigenvalue weighted by atomic mass is 10.1. The number of methoxy groups -OCH3 is 1. The van der Waals surface area contributed by atoms with E-state index in [9.17, 15) is 0 Å². The molecular weight excluding hydrogens is 298 g/mol. The van der Waals surface area contributed by atoms with Gasteiger partial charge in [0.05, 0.1) is 35.7 Å². The van der Waals surface area contributed by atoms with E-state index < -0.39 is 0 Å². The Morgan fingerprint density at radius 1 is 1.27 bits per heavy atom. The second kappa shape index (κ2) is 6.08. The summed E-state index contributed by atoms with van der Waals surface area (Å²) in [7, 11) is 1.63. The van der Waals surface area contributed by atoms with Crippen LogP contribution in [0.1, 0.15) is 17.0 Å². The minimum atomic E-state index is 0.328. The molecule has 0 spiro atoms. The maximum Gasteiger partial charge on any atom is 0.125 e. The number of nitriles is 1. The zero-order valence-electron chi connectivity index (χ0n) is 12.1. The van der Waals surface area contributed by atoms with Crippen LogP contribution in [-0.4, -0.2) is 16.7 Å². The number of ether oxygens (including phenoxy) is 1. The van der Waals surface area contributed by atoms with Gasteiger partial charge in [0.1, 0.15) is 11.6 Å². The van der Waals surface area contributed by atoms with Crippen LogP contribution in [0.3, 0.4) is 0 Å². The van der Waals surface area contributed by atoms with Gasteiger partial charge in [0.25, 0.3) is 0 Å². The average molecular weight is 312 g/mol. The van der Waals surface area contributed by atoms with Crippen molar-refractivity contribution in [3.8, 4) is 11.8 Å². The van der Waals surface area contributed by atoms with Crippen LogP contribution in [0.15, 0.2) is 42.5 Å². The lowest BCUT2D eigenvalue weighted by Gasteiger charge is -2.08. The summed E-state index contributed by atoms with van der Waals surface area (Å²) in [6.07, 6.45) is 0. The Kier molecular flexibility index (Phi) is 3.99. The Bertz CT molecular complexity index is 864. The number of nitrogens with zero attached hydrogens (tertiary/aromatic N) is 3. The Hall–Kier alpha value is -2.51. The van der Waals surface area contributed by atoms with Gasteiger partial charge in [0, 0.05) is 12.6 Å². The standard InChI is InChI=1S/C17H14ClN3O/c1-22-14-5-6-16-15(8-14)20-17(9-18)21(16)11-13-4-2-3-12(7-13)10-19/h2-8H,9,11H2,1H3. The number of alkyl halides is 1. The van der Waals surface area contributed by atoms with Gasteiger partial charge < -0.3 is 9.30 Å². The van der Waals surface area contributed by atoms with Crippen molar-refractivity contribution in [2.24, 2.45) is 0 Å². The summed E-state index contributed by atoms with van der Waals surface area (Å²) in [6, 6.07) is 15.5. The third-order valence-electron chi connectivity index (χ3n) is 3.55. The van der Waals surface area contributed by atoms with Crippen molar-refractivity contribution in [3.05, 3.63) is 59.4 Å². The van der Waals surface area contributed by atoms with Crippen molar-refractivity contribution in [1.29, 1.82) is 5.26 Å². The summed E-state index contributed by atoms with van der Waals surface area (Å²) in [5.74, 6) is 1.90. The van der Waals surface area contributed by atoms with E-state index in [4.69, 9.17) is 21.6 Å². The number of hydrogen-bond acceptors (Lipinski definition) is 3. The number of benzene rings is 2. The van der Waals surface area contributed by atoms with Crippen molar-refractivity contribution in [2.75, 3.05) is 7.11 Å². The Labute approximate surface area is 133 Å². The van der Waals surface area contributed by atoms with Crippen LogP contribution >= 0.6 is 11.6 Å². The van der Waals surface area contributed by atoms with Crippen LogP contribution < -0.4 is 4.74 Å². The molecule has 0 saturated heterocycles. The predicted molar refractivity (Wildman–Crippen MR) is 86.1 cm³/mol. The zero-order chi connectivity index (χ0) is 15.5. The lowest BCUT2D eigenvalue weighted by Crippen LogP contribution is -2.04. The van der Waals surface area contributed by atoms with Crippen LogP contribution in [0.5, 0.6) is 5.75 Å². The highest BCUT2D eigenvalue weighted by molar-refractivity contribution is 6.16. The summed E-state index contributed by atoms with van der Waals surface area (Å²) in [5, 5.41) is 9.01. The topological polar surface area (TPSA) is 50.8 Å². The van der Waals surface area contributed by atoms with E-state index in [1.54, 1.807) is 13.2 Å². The molecule has 0 radical (unpaired) electrons. The summed E-state index contributed by atoms with van der Waals surface area (Å²) in [5.41, 5.74) is 3.54. The summed E-state index contributed by atoms with van der Waals surface area (Å²) >= 11 is 6.04. The first-order chi connectivity index (χ1) is 10.7. The molecule has 22 heavy (non-hydrogen) atoms. The average Bonchev–Trinajstić information content (AvgIpc) is 2.91. The molecule has 110 valence electrons. The Morgan fingerprint density at radius 3 is 2.86 bits per heavy atom. The van der Waals surface area contributed by atoms with Gasteiger partial charge in [-0.05, 0) is 29.8 Å². The van der Waals surface area contributed by atoms with Gasteiger partial charge in [-0.15, -0.1) is 11.6 Å². The van der Waals surface area contributed by atoms with E-state index in [2.05, 4.69) is 15.6 Å². The first kappa shape index (κ1) is 14.4. The lowest BCUT2D eigenvalue weighted by molar-refractivity contribution is 0.415. The molecule has 5 heteroatoms. The van der Waals surface area contributed by atoms with Crippen molar-refractivity contribution >= 4 is 22.6 Å². The largest absolute Gasteiger partial charge is 0.497 e. The number of imidazole rings is 1. The second-order valence-corrected chi connectivity index (χ2v) is 5.18. The molecule has 0 N–H and O–H groups in total. The molecule has 0 amide bonds. The van der Waals surface area contributed by atoms with Crippen LogP contribution in [-0.2, 0) is 12.4 Å². The van der Waals surface area contributed by atoms with Crippen molar-refractivity contribution in [3.63, 3.8) is 0 Å². The van der Waals surface area contributed by atoms with E-state index in [0.717, 1.165) is 28.2 Å². The van der Waals surface area contributed by atoms with Crippen LogP contribution in [0.4, 0.5) is 0 Å². The Balaban J connectivity index is 2.07. The van der Waals surface area contributed by atoms with Crippen molar-refractivity contribution in [1.82, 2.24) is 9.55 Å². The van der Waals surface area contributed by atoms with Gasteiger partial charge in [0.2, 0.25) is 0 Å². The quantitative estimate of drug-likeness (QED) is 0.690. The van der Waals surface area contributed by atoms with E-state index in [-0.39, 0.29) is 0 Å². The van der Waals surface area contributed by atoms with Gasteiger partial charge in [0.15, 0.2) is 0 Å². The number of fused-ring (bicyclic) bond motifs is 1. The minimum absolute atomic E-state index is 0.328. The molecular formula is C17H14ClN3O. The van der Waals surface area contributed by atoms with E-state index >= 15 is 0 Å². The molecule has 3 aromatic rings. The highest BCUT2D eigenvalue weighted by Crippen LogP contribution is 2.23. The predicted octanol–water partition coefficient (Wildman–Crippen LogP) is 3.70. The molecule has 0 aliphatic carbocycles.